The second kappa shape index (κ2) is 21.2. The van der Waals surface area contributed by atoms with Crippen LogP contribution in [0.1, 0.15) is 49.3 Å². The number of fused-ring (bicyclic) bond motifs is 1. The normalized spacial score (nSPS) is 28.6. The van der Waals surface area contributed by atoms with Crippen LogP contribution in [0.15, 0.2) is 121 Å². The lowest BCUT2D eigenvalue weighted by Crippen LogP contribution is -2.69. The summed E-state index contributed by atoms with van der Waals surface area (Å²) < 4.78 is 63.9. The molecule has 3 fully saturated rings. The monoisotopic (exact) mass is 839 g/mol. The van der Waals surface area contributed by atoms with Crippen LogP contribution in [0.5, 0.6) is 0 Å². The van der Waals surface area contributed by atoms with Gasteiger partial charge >= 0.3 is 17.9 Å². The van der Waals surface area contributed by atoms with Gasteiger partial charge in [-0.05, 0) is 16.7 Å². The van der Waals surface area contributed by atoms with Gasteiger partial charge in [0.15, 0.2) is 31.1 Å². The Kier molecular flexibility index (Phi) is 15.3. The third-order valence-corrected chi connectivity index (χ3v) is 10.7. The first kappa shape index (κ1) is 44.0. The van der Waals surface area contributed by atoms with Crippen LogP contribution in [0, 0.1) is 0 Å². The molecule has 4 aromatic carbocycles. The van der Waals surface area contributed by atoms with Gasteiger partial charge in [0, 0.05) is 46.5 Å². The second-order valence-electron chi connectivity index (χ2n) is 15.2. The molecule has 7 rings (SSSR count). The Morgan fingerprint density at radius 3 is 1.74 bits per heavy atom. The first-order valence-electron chi connectivity index (χ1n) is 20.4. The molecule has 11 atom stereocenters. The number of rotatable bonds is 16. The third-order valence-electron chi connectivity index (χ3n) is 10.7. The SMILES string of the molecule is CO[C@H]1O[C@@H]2COC(c3ccccc3)O[C@H]2[C@H](O[C@@H]2O[C@H](COC(C)=O)[C@@H](OC(C)=O)[C@H](OC(C)=O)[C@H]2N(Cc2ccccc2)Cc2ccccc2)[C@@H]1OCc1ccccc1. The number of nitrogens with zero attached hydrogens (tertiary/aromatic N) is 1. The standard InChI is InChI=1S/C47H53NO13/c1-30(49)53-28-37-40(56-31(2)50)42(57-32(3)51)39(48(25-33-17-9-5-10-18-33)26-34-19-11-6-12-20-34)46(58-37)61-43-41-38(29-55-45(60-41)36-23-15-8-16-24-36)59-47(52-4)44(43)54-27-35-21-13-7-14-22-35/h5-24,37-47H,25-29H2,1-4H3/t37-,38-,39-,40-,41-,42-,43+,44+,45?,46+,47+/m1/s1. The number of ether oxygens (including phenoxy) is 10. The maximum Gasteiger partial charge on any atom is 0.303 e. The quantitative estimate of drug-likeness (QED) is 0.101. The third kappa shape index (κ3) is 11.5. The van der Waals surface area contributed by atoms with Crippen molar-refractivity contribution in [3.63, 3.8) is 0 Å². The fourth-order valence-electron chi connectivity index (χ4n) is 8.05. The van der Waals surface area contributed by atoms with Gasteiger partial charge in [-0.25, -0.2) is 0 Å². The predicted molar refractivity (Wildman–Crippen MR) is 218 cm³/mol. The minimum Gasteiger partial charge on any atom is -0.463 e. The summed E-state index contributed by atoms with van der Waals surface area (Å²) >= 11 is 0. The van der Waals surface area contributed by atoms with Crippen molar-refractivity contribution in [3.05, 3.63) is 144 Å². The van der Waals surface area contributed by atoms with Crippen molar-refractivity contribution in [3.8, 4) is 0 Å². The van der Waals surface area contributed by atoms with Crippen LogP contribution in [0.3, 0.4) is 0 Å². The highest BCUT2D eigenvalue weighted by atomic mass is 16.8. The number of hydrogen-bond acceptors (Lipinski definition) is 14. The van der Waals surface area contributed by atoms with Crippen LogP contribution in [0.25, 0.3) is 0 Å². The van der Waals surface area contributed by atoms with Crippen molar-refractivity contribution in [2.45, 2.75) is 108 Å². The summed E-state index contributed by atoms with van der Waals surface area (Å²) in [4.78, 5) is 40.4. The topological polar surface area (TPSA) is 147 Å². The number of carbonyl (C=O) groups excluding carboxylic acids is 3. The van der Waals surface area contributed by atoms with Gasteiger partial charge in [-0.1, -0.05) is 121 Å². The Labute approximate surface area is 355 Å². The van der Waals surface area contributed by atoms with E-state index in [9.17, 15) is 14.4 Å². The van der Waals surface area contributed by atoms with Gasteiger partial charge in [0.05, 0.1) is 13.2 Å². The number of benzene rings is 4. The molecule has 3 saturated heterocycles. The molecule has 324 valence electrons. The van der Waals surface area contributed by atoms with Crippen LogP contribution in [0.4, 0.5) is 0 Å². The molecular weight excluding hydrogens is 787 g/mol. The molecule has 14 heteroatoms. The van der Waals surface area contributed by atoms with E-state index in [1.54, 1.807) is 0 Å². The summed E-state index contributed by atoms with van der Waals surface area (Å²) in [5, 5.41) is 0. The van der Waals surface area contributed by atoms with Crippen molar-refractivity contribution >= 4 is 17.9 Å². The molecule has 61 heavy (non-hydrogen) atoms. The lowest BCUT2D eigenvalue weighted by molar-refractivity contribution is -0.392. The van der Waals surface area contributed by atoms with Gasteiger partial charge in [0.1, 0.15) is 43.2 Å². The van der Waals surface area contributed by atoms with Crippen molar-refractivity contribution in [2.75, 3.05) is 20.3 Å². The number of esters is 3. The number of carbonyl (C=O) groups is 3. The molecule has 0 N–H and O–H groups in total. The van der Waals surface area contributed by atoms with E-state index in [0.717, 1.165) is 22.3 Å². The van der Waals surface area contributed by atoms with E-state index >= 15 is 0 Å². The highest BCUT2D eigenvalue weighted by Crippen LogP contribution is 2.40. The van der Waals surface area contributed by atoms with Crippen LogP contribution < -0.4 is 0 Å². The molecule has 1 unspecified atom stereocenters. The molecule has 0 spiro atoms. The van der Waals surface area contributed by atoms with Crippen molar-refractivity contribution in [1.29, 1.82) is 0 Å². The Balaban J connectivity index is 1.35. The molecule has 0 saturated carbocycles. The second-order valence-corrected chi connectivity index (χ2v) is 15.2. The lowest BCUT2D eigenvalue weighted by Gasteiger charge is -2.53. The lowest BCUT2D eigenvalue weighted by atomic mass is 9.92. The van der Waals surface area contributed by atoms with E-state index in [1.807, 2.05) is 121 Å². The molecule has 14 nitrogen and oxygen atoms in total. The van der Waals surface area contributed by atoms with E-state index in [4.69, 9.17) is 47.4 Å². The summed E-state index contributed by atoms with van der Waals surface area (Å²) in [5.74, 6) is -1.87. The van der Waals surface area contributed by atoms with E-state index in [2.05, 4.69) is 4.90 Å². The van der Waals surface area contributed by atoms with Crippen LogP contribution in [-0.4, -0.2) is 104 Å². The van der Waals surface area contributed by atoms with Gasteiger partial charge in [0.2, 0.25) is 0 Å². The highest BCUT2D eigenvalue weighted by Gasteiger charge is 2.57. The van der Waals surface area contributed by atoms with Gasteiger partial charge in [-0.15, -0.1) is 0 Å². The Morgan fingerprint density at radius 2 is 1.18 bits per heavy atom. The largest absolute Gasteiger partial charge is 0.463 e. The zero-order valence-corrected chi connectivity index (χ0v) is 34.7. The fourth-order valence-corrected chi connectivity index (χ4v) is 8.05. The maximum absolute atomic E-state index is 13.2. The van der Waals surface area contributed by atoms with E-state index < -0.39 is 85.5 Å². The van der Waals surface area contributed by atoms with Gasteiger partial charge in [-0.3, -0.25) is 19.3 Å². The fraction of sp³-hybridized carbons (Fsp3) is 0.426. The summed E-state index contributed by atoms with van der Waals surface area (Å²) in [5.41, 5.74) is 3.58. The molecule has 0 aromatic heterocycles. The van der Waals surface area contributed by atoms with Gasteiger partial charge < -0.3 is 47.4 Å². The number of methoxy groups -OCH3 is 1. The van der Waals surface area contributed by atoms with Crippen molar-refractivity contribution < 1.29 is 61.8 Å². The molecule has 3 heterocycles. The molecule has 3 aliphatic heterocycles. The molecule has 0 bridgehead atoms. The number of hydrogen-bond donors (Lipinski definition) is 0. The highest BCUT2D eigenvalue weighted by molar-refractivity contribution is 5.68. The van der Waals surface area contributed by atoms with Crippen molar-refractivity contribution in [2.24, 2.45) is 0 Å². The van der Waals surface area contributed by atoms with Crippen LogP contribution in [-0.2, 0) is 81.4 Å². The molecule has 0 aliphatic carbocycles. The Morgan fingerprint density at radius 1 is 0.623 bits per heavy atom. The van der Waals surface area contributed by atoms with Crippen LogP contribution >= 0.6 is 0 Å². The molecule has 0 radical (unpaired) electrons. The Bertz CT molecular complexity index is 1940. The predicted octanol–water partition coefficient (Wildman–Crippen LogP) is 5.66. The molecule has 3 aliphatic rings. The average molecular weight is 840 g/mol. The van der Waals surface area contributed by atoms with E-state index in [-0.39, 0.29) is 19.8 Å². The van der Waals surface area contributed by atoms with E-state index in [0.29, 0.717) is 13.1 Å². The van der Waals surface area contributed by atoms with E-state index in [1.165, 1.54) is 27.9 Å². The summed E-state index contributed by atoms with van der Waals surface area (Å²) in [6, 6.07) is 37.8. The molecule has 4 aromatic rings. The van der Waals surface area contributed by atoms with Gasteiger partial charge in [-0.2, -0.15) is 0 Å². The summed E-state index contributed by atoms with van der Waals surface area (Å²) in [6.45, 7) is 4.43. The molecular formula is C47H53NO13. The summed E-state index contributed by atoms with van der Waals surface area (Å²) in [6.07, 6.45) is -9.91. The minimum absolute atomic E-state index is 0.137. The van der Waals surface area contributed by atoms with Crippen molar-refractivity contribution in [1.82, 2.24) is 4.90 Å². The van der Waals surface area contributed by atoms with Gasteiger partial charge in [0.25, 0.3) is 0 Å². The first-order valence-corrected chi connectivity index (χ1v) is 20.4. The zero-order chi connectivity index (χ0) is 42.7. The first-order chi connectivity index (χ1) is 29.7. The zero-order valence-electron chi connectivity index (χ0n) is 34.7. The minimum atomic E-state index is -1.27. The maximum atomic E-state index is 13.2. The summed E-state index contributed by atoms with van der Waals surface area (Å²) in [7, 11) is 1.52. The smallest absolute Gasteiger partial charge is 0.303 e. The Hall–Kier alpha value is -5.03. The average Bonchev–Trinajstić information content (AvgIpc) is 3.26. The molecule has 0 amide bonds. The van der Waals surface area contributed by atoms with Crippen LogP contribution in [0.2, 0.25) is 0 Å².